The van der Waals surface area contributed by atoms with Crippen LogP contribution in [0.3, 0.4) is 0 Å². The van der Waals surface area contributed by atoms with E-state index in [-0.39, 0.29) is 12.1 Å². The fourth-order valence-electron chi connectivity index (χ4n) is 3.56. The molecule has 0 aromatic heterocycles. The van der Waals surface area contributed by atoms with Gasteiger partial charge in [-0.1, -0.05) is 60.7 Å². The second-order valence-corrected chi connectivity index (χ2v) is 7.11. The topological polar surface area (TPSA) is 49.8 Å². The van der Waals surface area contributed by atoms with Crippen molar-refractivity contribution in [3.63, 3.8) is 0 Å². The quantitative estimate of drug-likeness (QED) is 0.792. The van der Waals surface area contributed by atoms with Gasteiger partial charge in [0.1, 0.15) is 12.8 Å². The molecule has 0 aliphatic carbocycles. The Morgan fingerprint density at radius 3 is 2.26 bits per heavy atom. The number of piperidine rings is 1. The van der Waals surface area contributed by atoms with Gasteiger partial charge in [-0.3, -0.25) is 4.90 Å². The molecule has 1 saturated heterocycles. The molecule has 1 aliphatic rings. The Hall–Kier alpha value is -2.24. The number of alkyl halides is 1. The van der Waals surface area contributed by atoms with E-state index in [4.69, 9.17) is 4.74 Å². The summed E-state index contributed by atoms with van der Waals surface area (Å²) in [6, 6.07) is 17.4. The lowest BCUT2D eigenvalue weighted by Crippen LogP contribution is -2.48. The predicted octanol–water partition coefficient (Wildman–Crippen LogP) is 3.29. The first-order valence-corrected chi connectivity index (χ1v) is 9.40. The van der Waals surface area contributed by atoms with Crippen LogP contribution in [0.25, 0.3) is 0 Å². The fraction of sp³-hybridized carbons (Fsp3) is 0.409. The molecule has 1 heterocycles. The summed E-state index contributed by atoms with van der Waals surface area (Å²) in [6.45, 7) is 2.67. The third-order valence-corrected chi connectivity index (χ3v) is 5.21. The largest absolute Gasteiger partial charge is 0.458 e. The Bertz CT molecular complexity index is 698. The Morgan fingerprint density at radius 1 is 1.19 bits per heavy atom. The first-order chi connectivity index (χ1) is 13.1. The van der Waals surface area contributed by atoms with Crippen molar-refractivity contribution < 1.29 is 19.0 Å². The van der Waals surface area contributed by atoms with E-state index in [2.05, 4.69) is 0 Å². The first-order valence-electron chi connectivity index (χ1n) is 9.40. The zero-order chi connectivity index (χ0) is 19.3. The Labute approximate surface area is 159 Å². The summed E-state index contributed by atoms with van der Waals surface area (Å²) < 4.78 is 18.7. The molecular weight excluding hydrogens is 345 g/mol. The summed E-state index contributed by atoms with van der Waals surface area (Å²) in [5, 5.41) is 11.4. The Morgan fingerprint density at radius 2 is 1.74 bits per heavy atom. The molecule has 2 aromatic carbocycles. The van der Waals surface area contributed by atoms with Gasteiger partial charge in [0.15, 0.2) is 0 Å². The number of aliphatic hydroxyl groups is 1. The van der Waals surface area contributed by atoms with Gasteiger partial charge in [0.05, 0.1) is 0 Å². The number of benzene rings is 2. The van der Waals surface area contributed by atoms with Crippen molar-refractivity contribution in [1.29, 1.82) is 0 Å². The first kappa shape index (κ1) is 19.5. The molecule has 4 nitrogen and oxygen atoms in total. The molecule has 1 aliphatic heterocycles. The van der Waals surface area contributed by atoms with Gasteiger partial charge < -0.3 is 9.84 Å². The van der Waals surface area contributed by atoms with Crippen LogP contribution < -0.4 is 0 Å². The summed E-state index contributed by atoms with van der Waals surface area (Å²) in [5.74, 6) is -0.695. The van der Waals surface area contributed by atoms with Crippen LogP contribution in [-0.4, -0.2) is 47.9 Å². The Balaban J connectivity index is 1.84. The van der Waals surface area contributed by atoms with Gasteiger partial charge in [-0.2, -0.15) is 0 Å². The third-order valence-electron chi connectivity index (χ3n) is 5.21. The van der Waals surface area contributed by atoms with Crippen LogP contribution in [0.5, 0.6) is 0 Å². The minimum Gasteiger partial charge on any atom is -0.458 e. The lowest BCUT2D eigenvalue weighted by molar-refractivity contribution is -0.170. The number of esters is 1. The van der Waals surface area contributed by atoms with Crippen LogP contribution in [0.15, 0.2) is 60.7 Å². The molecule has 27 heavy (non-hydrogen) atoms. The Kier molecular flexibility index (Phi) is 6.24. The van der Waals surface area contributed by atoms with Crippen LogP contribution in [-0.2, 0) is 15.1 Å². The van der Waals surface area contributed by atoms with E-state index < -0.39 is 18.2 Å². The highest BCUT2D eigenvalue weighted by molar-refractivity contribution is 5.85. The van der Waals surface area contributed by atoms with Gasteiger partial charge in [-0.25, -0.2) is 9.18 Å². The number of carbonyl (C=O) groups excluding carboxylic acids is 1. The number of carbonyl (C=O) groups is 1. The number of hydrogen-bond acceptors (Lipinski definition) is 4. The third kappa shape index (κ3) is 4.20. The molecule has 2 aromatic rings. The number of nitrogens with zero attached hydrogens (tertiary/aromatic N) is 1. The summed E-state index contributed by atoms with van der Waals surface area (Å²) in [7, 11) is 0. The monoisotopic (exact) mass is 371 g/mol. The van der Waals surface area contributed by atoms with Gasteiger partial charge in [0.25, 0.3) is 0 Å². The van der Waals surface area contributed by atoms with Gasteiger partial charge in [-0.15, -0.1) is 0 Å². The lowest BCUT2D eigenvalue weighted by atomic mass is 9.86. The molecule has 1 N–H and O–H groups in total. The second kappa shape index (κ2) is 8.63. The molecule has 144 valence electrons. The van der Waals surface area contributed by atoms with E-state index in [0.29, 0.717) is 24.1 Å². The molecule has 0 saturated carbocycles. The van der Waals surface area contributed by atoms with E-state index >= 15 is 0 Å². The highest BCUT2D eigenvalue weighted by atomic mass is 19.1. The minimum atomic E-state index is -1.88. The molecule has 2 atom stereocenters. The van der Waals surface area contributed by atoms with Crippen LogP contribution in [0.1, 0.15) is 30.9 Å². The predicted molar refractivity (Wildman–Crippen MR) is 102 cm³/mol. The van der Waals surface area contributed by atoms with Crippen molar-refractivity contribution in [3.8, 4) is 0 Å². The summed E-state index contributed by atoms with van der Waals surface area (Å²) in [6.07, 6.45) is 1.18. The molecule has 0 radical (unpaired) electrons. The van der Waals surface area contributed by atoms with E-state index in [1.54, 1.807) is 48.5 Å². The van der Waals surface area contributed by atoms with Crippen LogP contribution >= 0.6 is 0 Å². The smallest absolute Gasteiger partial charge is 0.348 e. The zero-order valence-electron chi connectivity index (χ0n) is 15.6. The van der Waals surface area contributed by atoms with E-state index in [1.807, 2.05) is 24.0 Å². The number of ether oxygens (including phenoxy) is 1. The van der Waals surface area contributed by atoms with Gasteiger partial charge in [0.2, 0.25) is 5.60 Å². The second-order valence-electron chi connectivity index (χ2n) is 7.11. The normalized spacial score (nSPS) is 19.4. The highest BCUT2D eigenvalue weighted by Gasteiger charge is 2.43. The maximum atomic E-state index is 13.1. The van der Waals surface area contributed by atoms with Crippen LogP contribution in [0, 0.1) is 0 Å². The van der Waals surface area contributed by atoms with E-state index in [9.17, 15) is 14.3 Å². The fourth-order valence-corrected chi connectivity index (χ4v) is 3.56. The summed E-state index contributed by atoms with van der Waals surface area (Å²) in [4.78, 5) is 15.1. The average molecular weight is 371 g/mol. The maximum absolute atomic E-state index is 13.1. The van der Waals surface area contributed by atoms with Crippen molar-refractivity contribution in [2.45, 2.75) is 37.5 Å². The molecule has 0 bridgehead atoms. The van der Waals surface area contributed by atoms with Crippen molar-refractivity contribution in [2.75, 3.05) is 19.8 Å². The van der Waals surface area contributed by atoms with Crippen molar-refractivity contribution in [3.05, 3.63) is 71.8 Å². The standard InChI is InChI=1S/C22H26FNO3/c1-17(15-23)24-14-8-13-20(16-24)27-21(25)22(26,18-9-4-2-5-10-18)19-11-6-3-7-12-19/h2-7,9-12,17,20,26H,8,13-16H2,1H3/t17?,20-/m1/s1. The zero-order valence-corrected chi connectivity index (χ0v) is 15.6. The average Bonchev–Trinajstić information content (AvgIpc) is 2.74. The van der Waals surface area contributed by atoms with Crippen LogP contribution in [0.4, 0.5) is 4.39 Å². The SMILES string of the molecule is CC(CF)N1CCC[C@@H](OC(=O)C(O)(c2ccccc2)c2ccccc2)C1. The summed E-state index contributed by atoms with van der Waals surface area (Å²) >= 11 is 0. The molecular formula is C22H26FNO3. The maximum Gasteiger partial charge on any atom is 0.348 e. The molecule has 0 amide bonds. The lowest BCUT2D eigenvalue weighted by Gasteiger charge is -2.37. The van der Waals surface area contributed by atoms with E-state index in [0.717, 1.165) is 13.0 Å². The van der Waals surface area contributed by atoms with Crippen LogP contribution in [0.2, 0.25) is 0 Å². The molecule has 1 fully saturated rings. The van der Waals surface area contributed by atoms with Crippen molar-refractivity contribution in [1.82, 2.24) is 4.90 Å². The molecule has 5 heteroatoms. The number of rotatable bonds is 6. The number of hydrogen-bond donors (Lipinski definition) is 1. The molecule has 3 rings (SSSR count). The number of likely N-dealkylation sites (tertiary alicyclic amines) is 1. The highest BCUT2D eigenvalue weighted by Crippen LogP contribution is 2.32. The minimum absolute atomic E-state index is 0.200. The van der Waals surface area contributed by atoms with Gasteiger partial charge >= 0.3 is 5.97 Å². The number of halogens is 1. The van der Waals surface area contributed by atoms with Crippen molar-refractivity contribution in [2.24, 2.45) is 0 Å². The molecule has 1 unspecified atom stereocenters. The van der Waals surface area contributed by atoms with Gasteiger partial charge in [-0.05, 0) is 37.4 Å². The van der Waals surface area contributed by atoms with Crippen molar-refractivity contribution >= 4 is 5.97 Å². The summed E-state index contributed by atoms with van der Waals surface area (Å²) in [5.41, 5.74) is -0.951. The van der Waals surface area contributed by atoms with Gasteiger partial charge in [0, 0.05) is 12.6 Å². The molecule has 0 spiro atoms. The van der Waals surface area contributed by atoms with E-state index in [1.165, 1.54) is 0 Å².